The number of carbonyl (C=O) groups excluding carboxylic acids is 1. The zero-order valence-corrected chi connectivity index (χ0v) is 16.3. The molecule has 0 heterocycles. The molecule has 2 aromatic rings. The van der Waals surface area contributed by atoms with Gasteiger partial charge in [-0.3, -0.25) is 9.10 Å². The fourth-order valence-electron chi connectivity index (χ4n) is 2.59. The average Bonchev–Trinajstić information content (AvgIpc) is 2.57. The lowest BCUT2D eigenvalue weighted by molar-refractivity contribution is -0.119. The first-order valence-electron chi connectivity index (χ1n) is 8.15. The first kappa shape index (κ1) is 19.8. The summed E-state index contributed by atoms with van der Waals surface area (Å²) in [5.74, 6) is 0.00741. The molecule has 0 aliphatic rings. The van der Waals surface area contributed by atoms with E-state index in [-0.39, 0.29) is 12.5 Å². The van der Waals surface area contributed by atoms with Crippen molar-refractivity contribution in [3.63, 3.8) is 0 Å². The number of anilines is 1. The van der Waals surface area contributed by atoms with Crippen LogP contribution in [0.4, 0.5) is 5.69 Å². The zero-order valence-electron chi connectivity index (χ0n) is 15.4. The van der Waals surface area contributed by atoms with Crippen LogP contribution >= 0.6 is 0 Å². The lowest BCUT2D eigenvalue weighted by atomic mass is 10.1. The quantitative estimate of drug-likeness (QED) is 0.805. The molecule has 0 aliphatic carbocycles. The van der Waals surface area contributed by atoms with Crippen molar-refractivity contribution in [2.24, 2.45) is 0 Å². The number of sulfonamides is 1. The number of methoxy groups -OCH3 is 1. The molecular formula is C19H24N2O4S. The number of aryl methyl sites for hydroxylation is 2. The number of hydrogen-bond donors (Lipinski definition) is 1. The molecule has 2 rings (SSSR count). The van der Waals surface area contributed by atoms with Gasteiger partial charge in [-0.05, 0) is 37.1 Å². The van der Waals surface area contributed by atoms with E-state index in [1.807, 2.05) is 44.2 Å². The van der Waals surface area contributed by atoms with Crippen molar-refractivity contribution >= 4 is 21.6 Å². The van der Waals surface area contributed by atoms with Crippen LogP contribution in [0.15, 0.2) is 42.5 Å². The van der Waals surface area contributed by atoms with E-state index in [1.54, 1.807) is 12.1 Å². The summed E-state index contributed by atoms with van der Waals surface area (Å²) in [6.45, 7) is 3.84. The number of amides is 1. The number of nitrogens with one attached hydrogen (secondary N) is 1. The minimum atomic E-state index is -3.66. The molecule has 26 heavy (non-hydrogen) atoms. The van der Waals surface area contributed by atoms with Crippen LogP contribution < -0.4 is 14.4 Å². The first-order valence-corrected chi connectivity index (χ1v) is 10.00. The van der Waals surface area contributed by atoms with Crippen LogP contribution in [0, 0.1) is 13.8 Å². The van der Waals surface area contributed by atoms with Gasteiger partial charge < -0.3 is 10.1 Å². The van der Waals surface area contributed by atoms with E-state index in [1.165, 1.54) is 7.11 Å². The van der Waals surface area contributed by atoms with E-state index in [4.69, 9.17) is 4.74 Å². The number of benzene rings is 2. The van der Waals surface area contributed by atoms with E-state index < -0.39 is 10.0 Å². The van der Waals surface area contributed by atoms with Crippen molar-refractivity contribution < 1.29 is 17.9 Å². The Bertz CT molecular complexity index is 894. The molecular weight excluding hydrogens is 352 g/mol. The van der Waals surface area contributed by atoms with Gasteiger partial charge in [-0.2, -0.15) is 0 Å². The lowest BCUT2D eigenvalue weighted by Gasteiger charge is -2.24. The molecule has 140 valence electrons. The fraction of sp³-hybridized carbons (Fsp3) is 0.316. The molecule has 0 bridgehead atoms. The Morgan fingerprint density at radius 2 is 1.81 bits per heavy atom. The number of rotatable bonds is 7. The summed E-state index contributed by atoms with van der Waals surface area (Å²) in [5.41, 5.74) is 3.27. The van der Waals surface area contributed by atoms with Gasteiger partial charge in [0, 0.05) is 6.54 Å². The van der Waals surface area contributed by atoms with Crippen molar-refractivity contribution in [2.45, 2.75) is 20.4 Å². The van der Waals surface area contributed by atoms with Crippen molar-refractivity contribution in [3.05, 3.63) is 59.2 Å². The second kappa shape index (κ2) is 8.23. The standard InChI is InChI=1S/C19H24N2O4S/c1-14-6-5-7-16(10-14)12-20-19(22)13-21(26(4,23)24)17-11-15(2)8-9-18(17)25-3/h5-11H,12-13H2,1-4H3,(H,20,22). The number of nitrogens with zero attached hydrogens (tertiary/aromatic N) is 1. The maximum atomic E-state index is 12.4. The summed E-state index contributed by atoms with van der Waals surface area (Å²) >= 11 is 0. The van der Waals surface area contributed by atoms with Crippen LogP contribution in [-0.2, 0) is 21.4 Å². The number of ether oxygens (including phenoxy) is 1. The van der Waals surface area contributed by atoms with Gasteiger partial charge in [0.15, 0.2) is 0 Å². The van der Waals surface area contributed by atoms with Crippen LogP contribution in [0.25, 0.3) is 0 Å². The third kappa shape index (κ3) is 5.23. The van der Waals surface area contributed by atoms with Gasteiger partial charge in [-0.15, -0.1) is 0 Å². The molecule has 1 amide bonds. The highest BCUT2D eigenvalue weighted by Gasteiger charge is 2.24. The molecule has 0 fully saturated rings. The second-order valence-corrected chi connectivity index (χ2v) is 8.12. The van der Waals surface area contributed by atoms with Crippen LogP contribution in [0.3, 0.4) is 0 Å². The average molecular weight is 376 g/mol. The van der Waals surface area contributed by atoms with E-state index in [0.717, 1.165) is 27.3 Å². The third-order valence-electron chi connectivity index (χ3n) is 3.86. The van der Waals surface area contributed by atoms with Gasteiger partial charge in [0.1, 0.15) is 12.3 Å². The van der Waals surface area contributed by atoms with Crippen molar-refractivity contribution in [1.29, 1.82) is 0 Å². The fourth-order valence-corrected chi connectivity index (χ4v) is 3.44. The highest BCUT2D eigenvalue weighted by Crippen LogP contribution is 2.30. The molecule has 2 aromatic carbocycles. The van der Waals surface area contributed by atoms with Gasteiger partial charge in [-0.25, -0.2) is 8.42 Å². The molecule has 0 spiro atoms. The summed E-state index contributed by atoms with van der Waals surface area (Å²) in [4.78, 5) is 12.4. The minimum absolute atomic E-state index is 0.315. The molecule has 0 atom stereocenters. The molecule has 7 heteroatoms. The Hall–Kier alpha value is -2.54. The van der Waals surface area contributed by atoms with Crippen LogP contribution in [0.2, 0.25) is 0 Å². The largest absolute Gasteiger partial charge is 0.495 e. The molecule has 0 aliphatic heterocycles. The van der Waals surface area contributed by atoms with Gasteiger partial charge in [0.2, 0.25) is 15.9 Å². The van der Waals surface area contributed by atoms with E-state index >= 15 is 0 Å². The SMILES string of the molecule is COc1ccc(C)cc1N(CC(=O)NCc1cccc(C)c1)S(C)(=O)=O. The number of hydrogen-bond acceptors (Lipinski definition) is 4. The molecule has 0 aromatic heterocycles. The summed E-state index contributed by atoms with van der Waals surface area (Å²) in [6.07, 6.45) is 1.07. The molecule has 0 saturated carbocycles. The van der Waals surface area contributed by atoms with Crippen LogP contribution in [0.5, 0.6) is 5.75 Å². The van der Waals surface area contributed by atoms with Crippen LogP contribution in [0.1, 0.15) is 16.7 Å². The normalized spacial score (nSPS) is 11.1. The van der Waals surface area contributed by atoms with E-state index in [9.17, 15) is 13.2 Å². The smallest absolute Gasteiger partial charge is 0.241 e. The van der Waals surface area contributed by atoms with Gasteiger partial charge in [0.05, 0.1) is 19.1 Å². The number of carbonyl (C=O) groups is 1. The molecule has 0 saturated heterocycles. The molecule has 0 unspecified atom stereocenters. The van der Waals surface area contributed by atoms with E-state index in [0.29, 0.717) is 18.0 Å². The predicted octanol–water partition coefficient (Wildman–Crippen LogP) is 2.39. The van der Waals surface area contributed by atoms with E-state index in [2.05, 4.69) is 5.32 Å². The summed E-state index contributed by atoms with van der Waals surface area (Å²) < 4.78 is 30.8. The highest BCUT2D eigenvalue weighted by atomic mass is 32.2. The molecule has 6 nitrogen and oxygen atoms in total. The molecule has 1 N–H and O–H groups in total. The summed E-state index contributed by atoms with van der Waals surface area (Å²) in [7, 11) is -2.19. The maximum absolute atomic E-state index is 12.4. The Morgan fingerprint density at radius 1 is 1.12 bits per heavy atom. The predicted molar refractivity (Wildman–Crippen MR) is 103 cm³/mol. The Balaban J connectivity index is 2.18. The summed E-state index contributed by atoms with van der Waals surface area (Å²) in [6, 6.07) is 13.0. The highest BCUT2D eigenvalue weighted by molar-refractivity contribution is 7.92. The Labute approximate surface area is 154 Å². The van der Waals surface area contributed by atoms with Crippen molar-refractivity contribution in [2.75, 3.05) is 24.2 Å². The molecule has 0 radical (unpaired) electrons. The second-order valence-electron chi connectivity index (χ2n) is 6.21. The van der Waals surface area contributed by atoms with Crippen molar-refractivity contribution in [3.8, 4) is 5.75 Å². The maximum Gasteiger partial charge on any atom is 0.241 e. The first-order chi connectivity index (χ1) is 12.2. The van der Waals surface area contributed by atoms with Gasteiger partial charge in [-0.1, -0.05) is 35.9 Å². The topological polar surface area (TPSA) is 75.7 Å². The van der Waals surface area contributed by atoms with Gasteiger partial charge in [0.25, 0.3) is 0 Å². The minimum Gasteiger partial charge on any atom is -0.495 e. The van der Waals surface area contributed by atoms with Gasteiger partial charge >= 0.3 is 0 Å². The van der Waals surface area contributed by atoms with Crippen molar-refractivity contribution in [1.82, 2.24) is 5.32 Å². The monoisotopic (exact) mass is 376 g/mol. The lowest BCUT2D eigenvalue weighted by Crippen LogP contribution is -2.40. The Kier molecular flexibility index (Phi) is 6.26. The van der Waals surface area contributed by atoms with Crippen LogP contribution in [-0.4, -0.2) is 34.2 Å². The Morgan fingerprint density at radius 3 is 2.42 bits per heavy atom. The zero-order chi connectivity index (χ0) is 19.3. The summed E-state index contributed by atoms with van der Waals surface area (Å²) in [5, 5.41) is 2.76. The third-order valence-corrected chi connectivity index (χ3v) is 4.99.